The molecule has 0 saturated carbocycles. The normalized spacial score (nSPS) is 10.7. The first kappa shape index (κ1) is 12.4. The molecule has 0 bridgehead atoms. The van der Waals surface area contributed by atoms with E-state index < -0.39 is 6.09 Å². The number of rotatable bonds is 1. The van der Waals surface area contributed by atoms with Crippen LogP contribution in [0.5, 0.6) is 0 Å². The van der Waals surface area contributed by atoms with Gasteiger partial charge in [-0.2, -0.15) is 0 Å². The van der Waals surface area contributed by atoms with Crippen molar-refractivity contribution >= 4 is 17.1 Å². The minimum absolute atomic E-state index is 0.436. The Hall–Kier alpha value is -2.62. The number of hydrogen-bond acceptors (Lipinski definition) is 3. The second-order valence-corrected chi connectivity index (χ2v) is 4.60. The molecule has 1 heterocycles. The van der Waals surface area contributed by atoms with Crippen molar-refractivity contribution in [2.75, 3.05) is 7.11 Å². The summed E-state index contributed by atoms with van der Waals surface area (Å²) >= 11 is 0. The fraction of sp³-hybridized carbons (Fsp3) is 0.125. The van der Waals surface area contributed by atoms with Gasteiger partial charge >= 0.3 is 6.09 Å². The summed E-state index contributed by atoms with van der Waals surface area (Å²) in [5.74, 6) is 0.595. The lowest BCUT2D eigenvalue weighted by molar-refractivity contribution is 0.174. The van der Waals surface area contributed by atoms with Crippen molar-refractivity contribution in [3.63, 3.8) is 0 Å². The predicted octanol–water partition coefficient (Wildman–Crippen LogP) is 3.63. The molecule has 0 aliphatic heterocycles. The summed E-state index contributed by atoms with van der Waals surface area (Å²) in [6.07, 6.45) is -0.436. The van der Waals surface area contributed by atoms with Gasteiger partial charge < -0.3 is 4.74 Å². The van der Waals surface area contributed by atoms with Gasteiger partial charge in [0.25, 0.3) is 0 Å². The van der Waals surface area contributed by atoms with Gasteiger partial charge in [-0.15, -0.1) is 0 Å². The second kappa shape index (κ2) is 4.81. The van der Waals surface area contributed by atoms with Crippen molar-refractivity contribution in [1.29, 1.82) is 0 Å². The van der Waals surface area contributed by atoms with Crippen LogP contribution in [0.4, 0.5) is 4.79 Å². The van der Waals surface area contributed by atoms with E-state index in [0.717, 1.165) is 22.2 Å². The number of para-hydroxylation sites is 2. The molecule has 4 heteroatoms. The van der Waals surface area contributed by atoms with Crippen LogP contribution in [0.3, 0.4) is 0 Å². The van der Waals surface area contributed by atoms with Crippen LogP contribution < -0.4 is 0 Å². The highest BCUT2D eigenvalue weighted by Crippen LogP contribution is 2.25. The highest BCUT2D eigenvalue weighted by Gasteiger charge is 2.17. The highest BCUT2D eigenvalue weighted by atomic mass is 16.5. The van der Waals surface area contributed by atoms with Crippen LogP contribution in [0.1, 0.15) is 5.56 Å². The number of hydrogen-bond donors (Lipinski definition) is 0. The monoisotopic (exact) mass is 266 g/mol. The summed E-state index contributed by atoms with van der Waals surface area (Å²) in [6.45, 7) is 2.02. The van der Waals surface area contributed by atoms with Gasteiger partial charge in [0, 0.05) is 5.56 Å². The van der Waals surface area contributed by atoms with Gasteiger partial charge in [-0.05, 0) is 19.1 Å². The van der Waals surface area contributed by atoms with E-state index in [2.05, 4.69) is 4.98 Å². The number of methoxy groups -OCH3 is 1. The highest BCUT2D eigenvalue weighted by molar-refractivity contribution is 5.91. The first-order chi connectivity index (χ1) is 9.70. The van der Waals surface area contributed by atoms with Crippen molar-refractivity contribution in [2.24, 2.45) is 0 Å². The molecule has 0 unspecified atom stereocenters. The molecule has 100 valence electrons. The van der Waals surface area contributed by atoms with Crippen molar-refractivity contribution in [1.82, 2.24) is 9.55 Å². The summed E-state index contributed by atoms with van der Waals surface area (Å²) in [7, 11) is 1.37. The Morgan fingerprint density at radius 1 is 1.10 bits per heavy atom. The molecule has 0 aliphatic carbocycles. The number of carbonyl (C=O) groups excluding carboxylic acids is 1. The zero-order chi connectivity index (χ0) is 14.1. The molecule has 0 N–H and O–H groups in total. The van der Waals surface area contributed by atoms with Crippen LogP contribution in [0.2, 0.25) is 0 Å². The number of aryl methyl sites for hydroxylation is 1. The third-order valence-corrected chi connectivity index (χ3v) is 3.23. The fourth-order valence-corrected chi connectivity index (χ4v) is 2.20. The number of imidazole rings is 1. The molecular formula is C16H14N2O2. The third-order valence-electron chi connectivity index (χ3n) is 3.23. The second-order valence-electron chi connectivity index (χ2n) is 4.60. The standard InChI is InChI=1S/C16H14N2O2/c1-11-7-9-12(10-8-11)15-17-13-5-3-4-6-14(13)18(15)16(19)20-2/h3-10H,1-2H3. The molecule has 0 aliphatic rings. The first-order valence-corrected chi connectivity index (χ1v) is 6.33. The smallest absolute Gasteiger partial charge is 0.419 e. The van der Waals surface area contributed by atoms with Crippen molar-refractivity contribution in [3.8, 4) is 11.4 Å². The van der Waals surface area contributed by atoms with Crippen LogP contribution in [-0.2, 0) is 4.74 Å². The number of carbonyl (C=O) groups is 1. The van der Waals surface area contributed by atoms with Gasteiger partial charge in [-0.25, -0.2) is 14.3 Å². The molecule has 4 nitrogen and oxygen atoms in total. The molecule has 0 amide bonds. The average Bonchev–Trinajstić information content (AvgIpc) is 2.86. The molecule has 2 aromatic carbocycles. The molecule has 1 aromatic heterocycles. The summed E-state index contributed by atoms with van der Waals surface area (Å²) in [5, 5.41) is 0. The molecule has 3 aromatic rings. The van der Waals surface area contributed by atoms with E-state index >= 15 is 0 Å². The van der Waals surface area contributed by atoms with E-state index in [-0.39, 0.29) is 0 Å². The quantitative estimate of drug-likeness (QED) is 0.675. The number of aromatic nitrogens is 2. The van der Waals surface area contributed by atoms with E-state index in [4.69, 9.17) is 4.74 Å². The lowest BCUT2D eigenvalue weighted by Gasteiger charge is -2.06. The minimum atomic E-state index is -0.436. The van der Waals surface area contributed by atoms with E-state index in [0.29, 0.717) is 5.82 Å². The van der Waals surface area contributed by atoms with E-state index in [9.17, 15) is 4.79 Å². The van der Waals surface area contributed by atoms with Gasteiger partial charge in [0.15, 0.2) is 5.82 Å². The lowest BCUT2D eigenvalue weighted by atomic mass is 10.1. The molecule has 0 atom stereocenters. The molecule has 0 saturated heterocycles. The van der Waals surface area contributed by atoms with Crippen molar-refractivity contribution in [2.45, 2.75) is 6.92 Å². The minimum Gasteiger partial charge on any atom is -0.452 e. The van der Waals surface area contributed by atoms with E-state index in [1.165, 1.54) is 11.7 Å². The zero-order valence-electron chi connectivity index (χ0n) is 11.3. The fourth-order valence-electron chi connectivity index (χ4n) is 2.20. The van der Waals surface area contributed by atoms with Crippen molar-refractivity contribution < 1.29 is 9.53 Å². The topological polar surface area (TPSA) is 44.1 Å². The van der Waals surface area contributed by atoms with E-state index in [1.54, 1.807) is 0 Å². The summed E-state index contributed by atoms with van der Waals surface area (Å²) < 4.78 is 6.37. The number of nitrogens with zero attached hydrogens (tertiary/aromatic N) is 2. The van der Waals surface area contributed by atoms with Gasteiger partial charge in [0.05, 0.1) is 18.1 Å². The van der Waals surface area contributed by atoms with Gasteiger partial charge in [-0.1, -0.05) is 42.0 Å². The summed E-state index contributed by atoms with van der Waals surface area (Å²) in [6, 6.07) is 15.4. The zero-order valence-corrected chi connectivity index (χ0v) is 11.3. The Bertz CT molecular complexity index is 773. The van der Waals surface area contributed by atoms with Gasteiger partial charge in [0.2, 0.25) is 0 Å². The lowest BCUT2D eigenvalue weighted by Crippen LogP contribution is -2.12. The SMILES string of the molecule is COC(=O)n1c(-c2ccc(C)cc2)nc2ccccc21. The Kier molecular flexibility index (Phi) is 2.99. The number of ether oxygens (including phenoxy) is 1. The molecule has 0 fully saturated rings. The number of fused-ring (bicyclic) bond motifs is 1. The Balaban J connectivity index is 2.29. The van der Waals surface area contributed by atoms with Crippen LogP contribution in [0.25, 0.3) is 22.4 Å². The van der Waals surface area contributed by atoms with Crippen molar-refractivity contribution in [3.05, 3.63) is 54.1 Å². The summed E-state index contributed by atoms with van der Waals surface area (Å²) in [4.78, 5) is 16.6. The van der Waals surface area contributed by atoms with Crippen LogP contribution in [0, 0.1) is 6.92 Å². The largest absolute Gasteiger partial charge is 0.452 e. The molecular weight excluding hydrogens is 252 g/mol. The van der Waals surface area contributed by atoms with Gasteiger partial charge in [-0.3, -0.25) is 0 Å². The van der Waals surface area contributed by atoms with E-state index in [1.807, 2.05) is 55.5 Å². The maximum absolute atomic E-state index is 12.1. The molecule has 0 spiro atoms. The third kappa shape index (κ3) is 1.95. The number of benzene rings is 2. The van der Waals surface area contributed by atoms with Crippen LogP contribution in [0.15, 0.2) is 48.5 Å². The predicted molar refractivity (Wildman–Crippen MR) is 77.7 cm³/mol. The van der Waals surface area contributed by atoms with Crippen LogP contribution >= 0.6 is 0 Å². The molecule has 20 heavy (non-hydrogen) atoms. The Morgan fingerprint density at radius 3 is 2.50 bits per heavy atom. The first-order valence-electron chi connectivity index (χ1n) is 6.33. The summed E-state index contributed by atoms with van der Waals surface area (Å²) in [5.41, 5.74) is 3.56. The molecule has 0 radical (unpaired) electrons. The molecule has 3 rings (SSSR count). The maximum Gasteiger partial charge on any atom is 0.419 e. The van der Waals surface area contributed by atoms with Crippen LogP contribution in [-0.4, -0.2) is 22.8 Å². The maximum atomic E-state index is 12.1. The van der Waals surface area contributed by atoms with Gasteiger partial charge in [0.1, 0.15) is 0 Å². The Labute approximate surface area is 116 Å². The average molecular weight is 266 g/mol. The Morgan fingerprint density at radius 2 is 1.80 bits per heavy atom.